The normalized spacial score (nSPS) is 10.8. The highest BCUT2D eigenvalue weighted by atomic mass is 19.1. The maximum absolute atomic E-state index is 13.6. The molecule has 0 aliphatic heterocycles. The van der Waals surface area contributed by atoms with Gasteiger partial charge in [0.1, 0.15) is 5.82 Å². The van der Waals surface area contributed by atoms with E-state index < -0.39 is 0 Å². The van der Waals surface area contributed by atoms with E-state index in [1.807, 2.05) is 24.3 Å². The van der Waals surface area contributed by atoms with Crippen molar-refractivity contribution in [1.82, 2.24) is 15.2 Å². The van der Waals surface area contributed by atoms with Crippen LogP contribution in [0.15, 0.2) is 54.7 Å². The Kier molecular flexibility index (Phi) is 5.73. The molecule has 0 saturated heterocycles. The first kappa shape index (κ1) is 17.8. The lowest BCUT2D eigenvalue weighted by atomic mass is 10.0. The molecule has 134 valence electrons. The van der Waals surface area contributed by atoms with E-state index in [1.54, 1.807) is 18.3 Å². The molecule has 0 aliphatic rings. The molecule has 0 saturated carbocycles. The molecule has 0 aliphatic carbocycles. The van der Waals surface area contributed by atoms with Gasteiger partial charge in [-0.1, -0.05) is 50.2 Å². The molecule has 3 rings (SSSR count). The smallest absolute Gasteiger partial charge is 0.249 e. The molecule has 0 radical (unpaired) electrons. The summed E-state index contributed by atoms with van der Waals surface area (Å²) in [6.45, 7) is 4.84. The topological polar surface area (TPSA) is 62.7 Å². The van der Waals surface area contributed by atoms with Crippen molar-refractivity contribution < 1.29 is 4.39 Å². The van der Waals surface area contributed by atoms with Crippen molar-refractivity contribution in [2.75, 3.05) is 17.2 Å². The van der Waals surface area contributed by atoms with E-state index in [1.165, 1.54) is 11.6 Å². The summed E-state index contributed by atoms with van der Waals surface area (Å²) in [5, 5.41) is 14.4. The second-order valence-electron chi connectivity index (χ2n) is 6.30. The zero-order valence-corrected chi connectivity index (χ0v) is 14.9. The largest absolute Gasteiger partial charge is 0.368 e. The molecule has 2 N–H and O–H groups in total. The van der Waals surface area contributed by atoms with Crippen molar-refractivity contribution in [3.63, 3.8) is 0 Å². The molecule has 0 bridgehead atoms. The number of hydrogen-bond donors (Lipinski definition) is 2. The Morgan fingerprint density at radius 2 is 1.81 bits per heavy atom. The van der Waals surface area contributed by atoms with Gasteiger partial charge in [-0.15, -0.1) is 5.10 Å². The average Bonchev–Trinajstić information content (AvgIpc) is 2.64. The maximum atomic E-state index is 13.6. The Labute approximate surface area is 152 Å². The summed E-state index contributed by atoms with van der Waals surface area (Å²) in [5.74, 6) is 1.21. The Morgan fingerprint density at radius 3 is 2.62 bits per heavy atom. The van der Waals surface area contributed by atoms with Crippen LogP contribution in [0.1, 0.15) is 30.9 Å². The van der Waals surface area contributed by atoms with Crippen molar-refractivity contribution in [2.24, 2.45) is 0 Å². The van der Waals surface area contributed by atoms with Gasteiger partial charge in [0.15, 0.2) is 5.82 Å². The van der Waals surface area contributed by atoms with Gasteiger partial charge < -0.3 is 10.6 Å². The zero-order valence-electron chi connectivity index (χ0n) is 14.9. The number of rotatable bonds is 7. The van der Waals surface area contributed by atoms with Crippen LogP contribution in [0.4, 0.5) is 21.8 Å². The highest BCUT2D eigenvalue weighted by molar-refractivity contribution is 5.59. The third kappa shape index (κ3) is 4.53. The monoisotopic (exact) mass is 351 g/mol. The molecule has 5 nitrogen and oxygen atoms in total. The quantitative estimate of drug-likeness (QED) is 0.655. The molecule has 0 atom stereocenters. The Hall–Kier alpha value is -3.02. The minimum atomic E-state index is -0.192. The number of anilines is 3. The van der Waals surface area contributed by atoms with Gasteiger partial charge in [-0.25, -0.2) is 4.39 Å². The van der Waals surface area contributed by atoms with Crippen LogP contribution < -0.4 is 10.6 Å². The standard InChI is InChI=1S/C20H22FN5/c1-14(2)16-8-4-6-10-18(16)24-20-25-19(13-23-26-20)22-12-11-15-7-3-5-9-17(15)21/h3-10,13-14H,11-12H2,1-2H3,(H2,22,24,25,26). The average molecular weight is 351 g/mol. The fraction of sp³-hybridized carbons (Fsp3) is 0.250. The molecule has 3 aromatic rings. The van der Waals surface area contributed by atoms with Gasteiger partial charge in [0.25, 0.3) is 0 Å². The van der Waals surface area contributed by atoms with Crippen molar-refractivity contribution in [3.8, 4) is 0 Å². The van der Waals surface area contributed by atoms with Crippen LogP contribution in [-0.2, 0) is 6.42 Å². The number of aromatic nitrogens is 3. The van der Waals surface area contributed by atoms with Gasteiger partial charge in [-0.05, 0) is 35.6 Å². The van der Waals surface area contributed by atoms with Crippen LogP contribution in [0.2, 0.25) is 0 Å². The predicted molar refractivity (Wildman–Crippen MR) is 102 cm³/mol. The lowest BCUT2D eigenvalue weighted by molar-refractivity contribution is 0.610. The number of hydrogen-bond acceptors (Lipinski definition) is 5. The molecule has 1 heterocycles. The summed E-state index contributed by atoms with van der Waals surface area (Å²) in [6, 6.07) is 14.8. The van der Waals surface area contributed by atoms with E-state index in [0.29, 0.717) is 36.2 Å². The van der Waals surface area contributed by atoms with E-state index in [4.69, 9.17) is 0 Å². The molecule has 2 aromatic carbocycles. The predicted octanol–water partition coefficient (Wildman–Crippen LogP) is 4.53. The molecule has 0 spiro atoms. The highest BCUT2D eigenvalue weighted by Gasteiger charge is 2.08. The lowest BCUT2D eigenvalue weighted by Crippen LogP contribution is -2.10. The van der Waals surface area contributed by atoms with Crippen LogP contribution in [-0.4, -0.2) is 21.7 Å². The molecule has 0 fully saturated rings. The van der Waals surface area contributed by atoms with E-state index in [0.717, 1.165) is 5.69 Å². The zero-order chi connectivity index (χ0) is 18.4. The van der Waals surface area contributed by atoms with Crippen LogP contribution in [0.5, 0.6) is 0 Å². The van der Waals surface area contributed by atoms with Crippen LogP contribution in [0.3, 0.4) is 0 Å². The van der Waals surface area contributed by atoms with E-state index >= 15 is 0 Å². The molecule has 0 amide bonds. The first-order chi connectivity index (χ1) is 12.6. The minimum absolute atomic E-state index is 0.192. The number of para-hydroxylation sites is 1. The summed E-state index contributed by atoms with van der Waals surface area (Å²) in [4.78, 5) is 4.43. The van der Waals surface area contributed by atoms with Gasteiger partial charge in [0, 0.05) is 12.2 Å². The van der Waals surface area contributed by atoms with Gasteiger partial charge in [0.2, 0.25) is 5.95 Å². The molecular formula is C20H22FN5. The van der Waals surface area contributed by atoms with E-state index in [9.17, 15) is 4.39 Å². The molecule has 26 heavy (non-hydrogen) atoms. The van der Waals surface area contributed by atoms with Gasteiger partial charge in [0.05, 0.1) is 6.20 Å². The molecule has 1 aromatic heterocycles. The number of nitrogens with one attached hydrogen (secondary N) is 2. The van der Waals surface area contributed by atoms with Gasteiger partial charge >= 0.3 is 0 Å². The third-order valence-electron chi connectivity index (χ3n) is 4.05. The van der Waals surface area contributed by atoms with Crippen LogP contribution >= 0.6 is 0 Å². The van der Waals surface area contributed by atoms with E-state index in [-0.39, 0.29) is 5.82 Å². The Bertz CT molecular complexity index is 866. The van der Waals surface area contributed by atoms with Gasteiger partial charge in [-0.3, -0.25) is 0 Å². The summed E-state index contributed by atoms with van der Waals surface area (Å²) in [5.41, 5.74) is 2.83. The van der Waals surface area contributed by atoms with Crippen molar-refractivity contribution in [3.05, 3.63) is 71.7 Å². The maximum Gasteiger partial charge on any atom is 0.249 e. The fourth-order valence-corrected chi connectivity index (χ4v) is 2.70. The number of benzene rings is 2. The van der Waals surface area contributed by atoms with Crippen molar-refractivity contribution in [2.45, 2.75) is 26.2 Å². The van der Waals surface area contributed by atoms with Gasteiger partial charge in [-0.2, -0.15) is 10.1 Å². The first-order valence-corrected chi connectivity index (χ1v) is 8.66. The first-order valence-electron chi connectivity index (χ1n) is 8.66. The van der Waals surface area contributed by atoms with Crippen molar-refractivity contribution >= 4 is 17.5 Å². The Morgan fingerprint density at radius 1 is 1.04 bits per heavy atom. The SMILES string of the molecule is CC(C)c1ccccc1Nc1nncc(NCCc2ccccc2F)n1. The summed E-state index contributed by atoms with van der Waals surface area (Å²) >= 11 is 0. The summed E-state index contributed by atoms with van der Waals surface area (Å²) in [7, 11) is 0. The number of nitrogens with zero attached hydrogens (tertiary/aromatic N) is 3. The Balaban J connectivity index is 1.64. The minimum Gasteiger partial charge on any atom is -0.368 e. The molecule has 6 heteroatoms. The molecule has 0 unspecified atom stereocenters. The third-order valence-corrected chi connectivity index (χ3v) is 4.05. The molecular weight excluding hydrogens is 329 g/mol. The lowest BCUT2D eigenvalue weighted by Gasteiger charge is -2.13. The summed E-state index contributed by atoms with van der Waals surface area (Å²) < 4.78 is 13.6. The fourth-order valence-electron chi connectivity index (χ4n) is 2.70. The highest BCUT2D eigenvalue weighted by Crippen LogP contribution is 2.25. The van der Waals surface area contributed by atoms with Crippen molar-refractivity contribution in [1.29, 1.82) is 0 Å². The second-order valence-corrected chi connectivity index (χ2v) is 6.30. The summed E-state index contributed by atoms with van der Waals surface area (Å²) in [6.07, 6.45) is 2.12. The van der Waals surface area contributed by atoms with Crippen LogP contribution in [0.25, 0.3) is 0 Å². The van der Waals surface area contributed by atoms with Crippen LogP contribution in [0, 0.1) is 5.82 Å². The van der Waals surface area contributed by atoms with E-state index in [2.05, 4.69) is 45.7 Å². The second kappa shape index (κ2) is 8.38. The number of halogens is 1.